The average molecular weight is 204 g/mol. The third-order valence-electron chi connectivity index (χ3n) is 2.73. The van der Waals surface area contributed by atoms with Gasteiger partial charge in [-0.25, -0.2) is 0 Å². The molecule has 2 rings (SSSR count). The van der Waals surface area contributed by atoms with Crippen LogP contribution >= 0.6 is 0 Å². The lowest BCUT2D eigenvalue weighted by molar-refractivity contribution is 0.315. The van der Waals surface area contributed by atoms with Gasteiger partial charge < -0.3 is 9.47 Å². The highest BCUT2D eigenvalue weighted by Gasteiger charge is 2.16. The molecule has 15 heavy (non-hydrogen) atoms. The first-order valence-corrected chi connectivity index (χ1v) is 5.20. The molecule has 1 aliphatic heterocycles. The molecule has 1 heterocycles. The van der Waals surface area contributed by atoms with Crippen LogP contribution in [0.25, 0.3) is 5.57 Å². The minimum atomic E-state index is 0.778. The van der Waals surface area contributed by atoms with E-state index in [0.717, 1.165) is 24.5 Å². The Morgan fingerprint density at radius 1 is 1.33 bits per heavy atom. The Labute approximate surface area is 90.5 Å². The monoisotopic (exact) mass is 204 g/mol. The zero-order chi connectivity index (χ0) is 10.8. The average Bonchev–Trinajstić information content (AvgIpc) is 2.27. The first kappa shape index (κ1) is 10.1. The Balaban J connectivity index is 2.54. The fourth-order valence-corrected chi connectivity index (χ4v) is 1.91. The summed E-state index contributed by atoms with van der Waals surface area (Å²) in [4.78, 5) is 0. The molecule has 0 N–H and O–H groups in total. The Morgan fingerprint density at radius 2 is 2.13 bits per heavy atom. The molecule has 1 aromatic rings. The van der Waals surface area contributed by atoms with Crippen molar-refractivity contribution in [3.63, 3.8) is 0 Å². The zero-order valence-corrected chi connectivity index (χ0v) is 9.46. The molecule has 0 saturated heterocycles. The normalized spacial score (nSPS) is 14.2. The summed E-state index contributed by atoms with van der Waals surface area (Å²) in [6.07, 6.45) is 0.989. The largest absolute Gasteiger partial charge is 0.497 e. The number of benzene rings is 1. The van der Waals surface area contributed by atoms with Crippen molar-refractivity contribution < 1.29 is 9.47 Å². The van der Waals surface area contributed by atoms with Crippen LogP contribution in [0.4, 0.5) is 0 Å². The van der Waals surface area contributed by atoms with Crippen LogP contribution in [0, 0.1) is 0 Å². The van der Waals surface area contributed by atoms with Crippen LogP contribution in [0.1, 0.15) is 25.8 Å². The van der Waals surface area contributed by atoms with Gasteiger partial charge in [-0.15, -0.1) is 0 Å². The Morgan fingerprint density at radius 3 is 2.80 bits per heavy atom. The highest BCUT2D eigenvalue weighted by Crippen LogP contribution is 2.36. The highest BCUT2D eigenvalue weighted by molar-refractivity contribution is 5.74. The number of methoxy groups -OCH3 is 1. The number of fused-ring (bicyclic) bond motifs is 1. The summed E-state index contributed by atoms with van der Waals surface area (Å²) in [7, 11) is 1.69. The van der Waals surface area contributed by atoms with Crippen LogP contribution in [0.3, 0.4) is 0 Å². The molecule has 0 aromatic heterocycles. The number of hydrogen-bond donors (Lipinski definition) is 0. The van der Waals surface area contributed by atoms with Crippen LogP contribution in [0.2, 0.25) is 0 Å². The maximum absolute atomic E-state index is 5.61. The summed E-state index contributed by atoms with van der Waals surface area (Å²) in [5.41, 5.74) is 3.92. The van der Waals surface area contributed by atoms with Crippen molar-refractivity contribution in [3.8, 4) is 11.5 Å². The van der Waals surface area contributed by atoms with E-state index < -0.39 is 0 Å². The third kappa shape index (κ3) is 1.84. The van der Waals surface area contributed by atoms with Gasteiger partial charge in [0.1, 0.15) is 11.5 Å². The van der Waals surface area contributed by atoms with Crippen LogP contribution in [0.5, 0.6) is 11.5 Å². The number of hydrogen-bond acceptors (Lipinski definition) is 2. The van der Waals surface area contributed by atoms with E-state index in [2.05, 4.69) is 19.9 Å². The minimum absolute atomic E-state index is 0.778. The van der Waals surface area contributed by atoms with Crippen molar-refractivity contribution in [3.05, 3.63) is 29.3 Å². The fourth-order valence-electron chi connectivity index (χ4n) is 1.91. The molecule has 0 spiro atoms. The van der Waals surface area contributed by atoms with Gasteiger partial charge in [0.2, 0.25) is 0 Å². The predicted octanol–water partition coefficient (Wildman–Crippen LogP) is 3.27. The van der Waals surface area contributed by atoms with Crippen molar-refractivity contribution in [2.24, 2.45) is 0 Å². The smallest absolute Gasteiger partial charge is 0.127 e. The molecule has 0 fully saturated rings. The standard InChI is InChI=1S/C13H16O2/c1-9(2)11-6-7-15-13-5-4-10(14-3)8-12(11)13/h4-5,8H,6-7H2,1-3H3. The molecule has 1 aliphatic rings. The fraction of sp³-hybridized carbons (Fsp3) is 0.385. The maximum Gasteiger partial charge on any atom is 0.127 e. The van der Waals surface area contributed by atoms with Gasteiger partial charge in [0.05, 0.1) is 13.7 Å². The molecular formula is C13H16O2. The van der Waals surface area contributed by atoms with Gasteiger partial charge in [-0.1, -0.05) is 5.57 Å². The first-order chi connectivity index (χ1) is 7.22. The second-order valence-electron chi connectivity index (χ2n) is 3.94. The van der Waals surface area contributed by atoms with Gasteiger partial charge in [0.25, 0.3) is 0 Å². The quantitative estimate of drug-likeness (QED) is 0.699. The van der Waals surface area contributed by atoms with Crippen molar-refractivity contribution in [1.82, 2.24) is 0 Å². The van der Waals surface area contributed by atoms with Crippen molar-refractivity contribution in [2.45, 2.75) is 20.3 Å². The lowest BCUT2D eigenvalue weighted by Gasteiger charge is -2.22. The maximum atomic E-state index is 5.61. The summed E-state index contributed by atoms with van der Waals surface area (Å²) in [5, 5.41) is 0. The summed E-state index contributed by atoms with van der Waals surface area (Å²) in [6.45, 7) is 5.06. The molecule has 0 saturated carbocycles. The van der Waals surface area contributed by atoms with Gasteiger partial charge in [0, 0.05) is 12.0 Å². The van der Waals surface area contributed by atoms with Crippen LogP contribution in [-0.4, -0.2) is 13.7 Å². The van der Waals surface area contributed by atoms with Crippen molar-refractivity contribution in [2.75, 3.05) is 13.7 Å². The minimum Gasteiger partial charge on any atom is -0.497 e. The SMILES string of the molecule is COc1ccc2c(c1)C(=C(C)C)CCO2. The van der Waals surface area contributed by atoms with Gasteiger partial charge in [0.15, 0.2) is 0 Å². The predicted molar refractivity (Wildman–Crippen MR) is 61.4 cm³/mol. The van der Waals surface area contributed by atoms with Crippen LogP contribution in [0.15, 0.2) is 23.8 Å². The molecule has 0 amide bonds. The molecule has 0 aliphatic carbocycles. The summed E-state index contributed by atoms with van der Waals surface area (Å²) < 4.78 is 10.8. The van der Waals surface area contributed by atoms with E-state index in [1.807, 2.05) is 12.1 Å². The van der Waals surface area contributed by atoms with Gasteiger partial charge in [-0.05, 0) is 37.6 Å². The van der Waals surface area contributed by atoms with E-state index in [4.69, 9.17) is 9.47 Å². The summed E-state index contributed by atoms with van der Waals surface area (Å²) in [5.74, 6) is 1.86. The number of rotatable bonds is 1. The summed E-state index contributed by atoms with van der Waals surface area (Å²) >= 11 is 0. The number of allylic oxidation sites excluding steroid dienone is 1. The Kier molecular flexibility index (Phi) is 2.67. The van der Waals surface area contributed by atoms with Crippen molar-refractivity contribution in [1.29, 1.82) is 0 Å². The zero-order valence-electron chi connectivity index (χ0n) is 9.46. The highest BCUT2D eigenvalue weighted by atomic mass is 16.5. The molecule has 80 valence electrons. The van der Waals surface area contributed by atoms with E-state index in [1.54, 1.807) is 7.11 Å². The molecule has 0 unspecified atom stereocenters. The number of ether oxygens (including phenoxy) is 2. The molecule has 0 radical (unpaired) electrons. The molecule has 1 aromatic carbocycles. The van der Waals surface area contributed by atoms with Crippen LogP contribution < -0.4 is 9.47 Å². The van der Waals surface area contributed by atoms with E-state index in [9.17, 15) is 0 Å². The van der Waals surface area contributed by atoms with E-state index in [-0.39, 0.29) is 0 Å². The molecule has 0 bridgehead atoms. The topological polar surface area (TPSA) is 18.5 Å². The van der Waals surface area contributed by atoms with E-state index in [1.165, 1.54) is 16.7 Å². The Bertz CT molecular complexity index is 401. The third-order valence-corrected chi connectivity index (χ3v) is 2.73. The Hall–Kier alpha value is -1.44. The van der Waals surface area contributed by atoms with Crippen molar-refractivity contribution >= 4 is 5.57 Å². The lowest BCUT2D eigenvalue weighted by Crippen LogP contribution is -2.08. The molecular weight excluding hydrogens is 188 g/mol. The first-order valence-electron chi connectivity index (χ1n) is 5.20. The lowest BCUT2D eigenvalue weighted by atomic mass is 9.96. The molecule has 2 heteroatoms. The molecule has 0 atom stereocenters. The van der Waals surface area contributed by atoms with E-state index >= 15 is 0 Å². The second kappa shape index (κ2) is 3.97. The second-order valence-corrected chi connectivity index (χ2v) is 3.94. The van der Waals surface area contributed by atoms with Gasteiger partial charge in [-0.2, -0.15) is 0 Å². The molecule has 2 nitrogen and oxygen atoms in total. The van der Waals surface area contributed by atoms with Gasteiger partial charge in [-0.3, -0.25) is 0 Å². The van der Waals surface area contributed by atoms with Crippen LogP contribution in [-0.2, 0) is 0 Å². The van der Waals surface area contributed by atoms with E-state index in [0.29, 0.717) is 0 Å². The summed E-state index contributed by atoms with van der Waals surface area (Å²) in [6, 6.07) is 5.97. The van der Waals surface area contributed by atoms with Gasteiger partial charge >= 0.3 is 0 Å².